The van der Waals surface area contributed by atoms with Crippen molar-refractivity contribution in [2.75, 3.05) is 0 Å². The van der Waals surface area contributed by atoms with Crippen LogP contribution in [0, 0.1) is 25.2 Å². The minimum absolute atomic E-state index is 0.367. The second-order valence-corrected chi connectivity index (χ2v) is 2.96. The largest absolute Gasteiger partial charge is 0.410 e. The van der Waals surface area contributed by atoms with E-state index in [1.165, 1.54) is 0 Å². The number of nitrogens with zero attached hydrogens (tertiary/aromatic N) is 1. The molecule has 0 saturated carbocycles. The van der Waals surface area contributed by atoms with Gasteiger partial charge in [-0.1, -0.05) is 0 Å². The van der Waals surface area contributed by atoms with Gasteiger partial charge >= 0.3 is 6.09 Å². The van der Waals surface area contributed by atoms with Crippen LogP contribution in [-0.4, -0.2) is 6.09 Å². The van der Waals surface area contributed by atoms with Crippen LogP contribution in [-0.2, 0) is 0 Å². The van der Waals surface area contributed by atoms with Gasteiger partial charge in [-0.3, -0.25) is 0 Å². The van der Waals surface area contributed by atoms with Crippen molar-refractivity contribution >= 4 is 6.09 Å². The van der Waals surface area contributed by atoms with E-state index in [1.54, 1.807) is 26.0 Å². The maximum absolute atomic E-state index is 10.5. The van der Waals surface area contributed by atoms with Gasteiger partial charge in [0.2, 0.25) is 0 Å². The summed E-state index contributed by atoms with van der Waals surface area (Å²) in [5, 5.41) is 8.79. The van der Waals surface area contributed by atoms with Crippen molar-refractivity contribution in [2.45, 2.75) is 13.8 Å². The van der Waals surface area contributed by atoms with Crippen LogP contribution in [0.4, 0.5) is 4.79 Å². The number of carbonyl (C=O) groups is 1. The van der Waals surface area contributed by atoms with Crippen LogP contribution < -0.4 is 10.5 Å². The minimum atomic E-state index is -0.853. The highest BCUT2D eigenvalue weighted by Crippen LogP contribution is 2.20. The Bertz CT molecular complexity index is 396. The molecule has 0 fully saturated rings. The molecule has 0 saturated heterocycles. The summed E-state index contributed by atoms with van der Waals surface area (Å²) in [6.07, 6.45) is -0.853. The molecule has 0 unspecified atom stereocenters. The molecule has 0 spiro atoms. The third-order valence-corrected chi connectivity index (χ3v) is 1.84. The molecule has 72 valence electrons. The average Bonchev–Trinajstić information content (AvgIpc) is 2.01. The topological polar surface area (TPSA) is 76.1 Å². The number of hydrogen-bond donors (Lipinski definition) is 1. The Morgan fingerprint density at radius 2 is 1.93 bits per heavy atom. The molecule has 0 atom stereocenters. The normalized spacial score (nSPS) is 9.21. The van der Waals surface area contributed by atoms with Gasteiger partial charge in [-0.05, 0) is 37.1 Å². The fourth-order valence-electron chi connectivity index (χ4n) is 1.28. The molecule has 14 heavy (non-hydrogen) atoms. The van der Waals surface area contributed by atoms with Crippen molar-refractivity contribution in [2.24, 2.45) is 5.73 Å². The quantitative estimate of drug-likeness (QED) is 0.731. The van der Waals surface area contributed by atoms with E-state index in [-0.39, 0.29) is 0 Å². The minimum Gasteiger partial charge on any atom is -0.410 e. The summed E-state index contributed by atoms with van der Waals surface area (Å²) in [4.78, 5) is 10.5. The number of amides is 1. The van der Waals surface area contributed by atoms with Gasteiger partial charge in [0.05, 0.1) is 11.6 Å². The van der Waals surface area contributed by atoms with Crippen molar-refractivity contribution < 1.29 is 9.53 Å². The fourth-order valence-corrected chi connectivity index (χ4v) is 1.28. The van der Waals surface area contributed by atoms with Gasteiger partial charge in [-0.2, -0.15) is 5.26 Å². The fraction of sp³-hybridized carbons (Fsp3) is 0.200. The highest BCUT2D eigenvalue weighted by Gasteiger charge is 2.06. The van der Waals surface area contributed by atoms with E-state index in [1.807, 2.05) is 0 Å². The van der Waals surface area contributed by atoms with Crippen LogP contribution >= 0.6 is 0 Å². The number of carbonyl (C=O) groups excluding carboxylic acids is 1. The van der Waals surface area contributed by atoms with Gasteiger partial charge in [0.15, 0.2) is 0 Å². The molecule has 0 radical (unpaired) electrons. The van der Waals surface area contributed by atoms with Gasteiger partial charge in [0.25, 0.3) is 0 Å². The third-order valence-electron chi connectivity index (χ3n) is 1.84. The van der Waals surface area contributed by atoms with Crippen LogP contribution in [0.5, 0.6) is 5.75 Å². The lowest BCUT2D eigenvalue weighted by atomic mass is 10.0. The Labute approximate surface area is 81.9 Å². The number of aryl methyl sites for hydroxylation is 2. The molecule has 4 heteroatoms. The van der Waals surface area contributed by atoms with E-state index in [4.69, 9.17) is 15.7 Å². The lowest BCUT2D eigenvalue weighted by Crippen LogP contribution is -2.16. The van der Waals surface area contributed by atoms with Crippen LogP contribution in [0.25, 0.3) is 0 Å². The molecule has 1 aromatic carbocycles. The van der Waals surface area contributed by atoms with E-state index in [0.29, 0.717) is 11.3 Å². The van der Waals surface area contributed by atoms with Gasteiger partial charge < -0.3 is 10.5 Å². The number of ether oxygens (including phenoxy) is 1. The van der Waals surface area contributed by atoms with E-state index in [2.05, 4.69) is 6.07 Å². The number of nitriles is 1. The Morgan fingerprint density at radius 1 is 1.43 bits per heavy atom. The molecule has 4 nitrogen and oxygen atoms in total. The lowest BCUT2D eigenvalue weighted by Gasteiger charge is -2.06. The van der Waals surface area contributed by atoms with E-state index >= 15 is 0 Å². The van der Waals surface area contributed by atoms with Gasteiger partial charge in [-0.15, -0.1) is 0 Å². The first kappa shape index (κ1) is 10.1. The van der Waals surface area contributed by atoms with Gasteiger partial charge in [0.1, 0.15) is 5.75 Å². The molecular weight excluding hydrogens is 180 g/mol. The van der Waals surface area contributed by atoms with Crippen molar-refractivity contribution in [3.05, 3.63) is 28.8 Å². The highest BCUT2D eigenvalue weighted by atomic mass is 16.5. The molecule has 2 N–H and O–H groups in total. The summed E-state index contributed by atoms with van der Waals surface area (Å²) in [5.74, 6) is 0.367. The molecule has 0 bridgehead atoms. The number of benzene rings is 1. The summed E-state index contributed by atoms with van der Waals surface area (Å²) >= 11 is 0. The monoisotopic (exact) mass is 190 g/mol. The number of rotatable bonds is 1. The maximum Gasteiger partial charge on any atom is 0.409 e. The molecule has 0 aliphatic rings. The molecule has 0 aliphatic heterocycles. The lowest BCUT2D eigenvalue weighted by molar-refractivity contribution is 0.211. The molecule has 0 aromatic heterocycles. The zero-order valence-electron chi connectivity index (χ0n) is 8.00. The summed E-state index contributed by atoms with van der Waals surface area (Å²) in [5.41, 5.74) is 7.00. The molecule has 1 amide bonds. The average molecular weight is 190 g/mol. The van der Waals surface area contributed by atoms with Crippen molar-refractivity contribution in [3.8, 4) is 11.8 Å². The van der Waals surface area contributed by atoms with Crippen molar-refractivity contribution in [1.82, 2.24) is 0 Å². The third kappa shape index (κ3) is 2.02. The van der Waals surface area contributed by atoms with Gasteiger partial charge in [-0.25, -0.2) is 4.79 Å². The first-order chi connectivity index (χ1) is 6.54. The zero-order valence-corrected chi connectivity index (χ0v) is 8.00. The Kier molecular flexibility index (Phi) is 2.73. The number of primary amides is 1. The highest BCUT2D eigenvalue weighted by molar-refractivity contribution is 5.68. The Balaban J connectivity index is 3.15. The van der Waals surface area contributed by atoms with Gasteiger partial charge in [0, 0.05) is 0 Å². The summed E-state index contributed by atoms with van der Waals surface area (Å²) in [6.45, 7) is 3.55. The van der Waals surface area contributed by atoms with Crippen molar-refractivity contribution in [3.63, 3.8) is 0 Å². The number of hydrogen-bond acceptors (Lipinski definition) is 3. The molecule has 1 rings (SSSR count). The molecular formula is C10H10N2O2. The summed E-state index contributed by atoms with van der Waals surface area (Å²) < 4.78 is 4.70. The number of nitrogens with two attached hydrogens (primary N) is 1. The predicted octanol–water partition coefficient (Wildman–Crippen LogP) is 1.63. The molecule has 0 heterocycles. The first-order valence-corrected chi connectivity index (χ1v) is 4.03. The maximum atomic E-state index is 10.5. The smallest absolute Gasteiger partial charge is 0.409 e. The zero-order chi connectivity index (χ0) is 10.7. The van der Waals surface area contributed by atoms with E-state index < -0.39 is 6.09 Å². The Hall–Kier alpha value is -2.02. The van der Waals surface area contributed by atoms with Crippen LogP contribution in [0.1, 0.15) is 16.7 Å². The van der Waals surface area contributed by atoms with Crippen LogP contribution in [0.15, 0.2) is 12.1 Å². The van der Waals surface area contributed by atoms with Crippen molar-refractivity contribution in [1.29, 1.82) is 5.26 Å². The van der Waals surface area contributed by atoms with E-state index in [9.17, 15) is 4.79 Å². The standard InChI is InChI=1S/C10H10N2O2/c1-6-3-8(14-10(12)13)4-7(2)9(6)5-11/h3-4H,1-2H3,(H2,12,13). The van der Waals surface area contributed by atoms with E-state index in [0.717, 1.165) is 11.1 Å². The summed E-state index contributed by atoms with van der Waals surface area (Å²) in [7, 11) is 0. The van der Waals surface area contributed by atoms with Crippen LogP contribution in [0.2, 0.25) is 0 Å². The van der Waals surface area contributed by atoms with Crippen LogP contribution in [0.3, 0.4) is 0 Å². The first-order valence-electron chi connectivity index (χ1n) is 4.03. The second-order valence-electron chi connectivity index (χ2n) is 2.96. The molecule has 0 aliphatic carbocycles. The second kappa shape index (κ2) is 3.79. The molecule has 1 aromatic rings. The SMILES string of the molecule is Cc1cc(OC(N)=O)cc(C)c1C#N. The Morgan fingerprint density at radius 3 is 2.29 bits per heavy atom. The predicted molar refractivity (Wildman–Crippen MR) is 50.8 cm³/mol. The summed E-state index contributed by atoms with van der Waals surface area (Å²) in [6, 6.07) is 5.29.